The molecule has 0 spiro atoms. The van der Waals surface area contributed by atoms with E-state index in [9.17, 15) is 19.2 Å². The van der Waals surface area contributed by atoms with Crippen LogP contribution < -0.4 is 20.7 Å². The Bertz CT molecular complexity index is 1130. The third-order valence-corrected chi connectivity index (χ3v) is 5.90. The number of epoxide rings is 1. The number of carbonyl (C=O) groups excluding carboxylic acids is 4. The van der Waals surface area contributed by atoms with Gasteiger partial charge in [-0.3, -0.25) is 19.2 Å². The Balaban J connectivity index is 1.64. The monoisotopic (exact) mass is 516 g/mol. The number of hydrogen-bond acceptors (Lipinski definition) is 9. The Kier molecular flexibility index (Phi) is 9.00. The first kappa shape index (κ1) is 27.8. The Hall–Kier alpha value is -3.77. The summed E-state index contributed by atoms with van der Waals surface area (Å²) in [7, 11) is 2.93. The summed E-state index contributed by atoms with van der Waals surface area (Å²) < 4.78 is 20.4. The van der Waals surface area contributed by atoms with E-state index in [2.05, 4.69) is 21.1 Å². The molecule has 3 unspecified atom stereocenters. The first-order chi connectivity index (χ1) is 17.6. The van der Waals surface area contributed by atoms with Gasteiger partial charge in [0.1, 0.15) is 29.2 Å². The molecule has 1 aromatic heterocycles. The van der Waals surface area contributed by atoms with Gasteiger partial charge in [0, 0.05) is 13.2 Å². The molecule has 1 aliphatic rings. The van der Waals surface area contributed by atoms with Crippen LogP contribution in [0.4, 0.5) is 0 Å². The van der Waals surface area contributed by atoms with Crippen LogP contribution in [0.15, 0.2) is 34.9 Å². The van der Waals surface area contributed by atoms with Gasteiger partial charge >= 0.3 is 0 Å². The van der Waals surface area contributed by atoms with Crippen molar-refractivity contribution >= 4 is 23.5 Å². The summed E-state index contributed by atoms with van der Waals surface area (Å²) in [5.41, 5.74) is -0.135. The van der Waals surface area contributed by atoms with E-state index >= 15 is 0 Å². The molecule has 12 heteroatoms. The number of aryl methyl sites for hydroxylation is 1. The first-order valence-corrected chi connectivity index (χ1v) is 11.7. The van der Waals surface area contributed by atoms with Crippen LogP contribution >= 0.6 is 0 Å². The highest BCUT2D eigenvalue weighted by molar-refractivity contribution is 5.99. The third kappa shape index (κ3) is 7.37. The highest BCUT2D eigenvalue weighted by Crippen LogP contribution is 2.29. The van der Waals surface area contributed by atoms with Crippen molar-refractivity contribution in [2.75, 3.05) is 27.4 Å². The molecule has 2 aromatic rings. The van der Waals surface area contributed by atoms with Gasteiger partial charge in [-0.2, -0.15) is 0 Å². The van der Waals surface area contributed by atoms with E-state index in [1.54, 1.807) is 45.2 Å². The van der Waals surface area contributed by atoms with Crippen LogP contribution in [0.3, 0.4) is 0 Å². The van der Waals surface area contributed by atoms with E-state index in [1.807, 2.05) is 0 Å². The fourth-order valence-corrected chi connectivity index (χ4v) is 3.56. The summed E-state index contributed by atoms with van der Waals surface area (Å²) >= 11 is 0. The number of Topliss-reactive ketones (excluding diaryl/α,β-unsaturated/α-hetero) is 1. The van der Waals surface area contributed by atoms with Crippen molar-refractivity contribution in [3.05, 3.63) is 47.3 Å². The zero-order valence-electron chi connectivity index (χ0n) is 21.5. The number of rotatable bonds is 13. The molecule has 1 saturated heterocycles. The van der Waals surface area contributed by atoms with Crippen LogP contribution in [-0.2, 0) is 30.3 Å². The molecular formula is C25H32N4O8. The largest absolute Gasteiger partial charge is 0.497 e. The number of benzene rings is 1. The van der Waals surface area contributed by atoms with Crippen LogP contribution in [0.1, 0.15) is 35.7 Å². The van der Waals surface area contributed by atoms with Crippen molar-refractivity contribution in [1.82, 2.24) is 21.1 Å². The molecule has 3 amide bonds. The smallest absolute Gasteiger partial charge is 0.274 e. The third-order valence-electron chi connectivity index (χ3n) is 5.90. The lowest BCUT2D eigenvalue weighted by molar-refractivity contribution is -0.133. The summed E-state index contributed by atoms with van der Waals surface area (Å²) in [6, 6.07) is 5.58. The summed E-state index contributed by atoms with van der Waals surface area (Å²) in [4.78, 5) is 51.3. The molecule has 0 radical (unpaired) electrons. The number of ketones is 1. The molecule has 1 aromatic carbocycles. The Morgan fingerprint density at radius 1 is 1.05 bits per heavy atom. The fraction of sp³-hybridized carbons (Fsp3) is 0.480. The number of carbonyl (C=O) groups is 4. The molecule has 0 saturated carbocycles. The second-order valence-electron chi connectivity index (χ2n) is 9.03. The molecule has 37 heavy (non-hydrogen) atoms. The number of methoxy groups -OCH3 is 2. The average Bonchev–Trinajstić information content (AvgIpc) is 3.48. The molecule has 0 aliphatic carbocycles. The molecule has 3 N–H and O–H groups in total. The van der Waals surface area contributed by atoms with Crippen LogP contribution in [0.2, 0.25) is 0 Å². The second kappa shape index (κ2) is 12.0. The average molecular weight is 517 g/mol. The molecule has 2 heterocycles. The summed E-state index contributed by atoms with van der Waals surface area (Å²) in [6.45, 7) is 4.91. The maximum absolute atomic E-state index is 13.1. The Morgan fingerprint density at radius 3 is 2.27 bits per heavy atom. The normalized spacial score (nSPS) is 18.7. The van der Waals surface area contributed by atoms with Gasteiger partial charge in [0.25, 0.3) is 5.91 Å². The standard InChI is InChI=1S/C25H32N4O8/c1-14-10-19(29-37-14)23(32)28-20(12-34-4)24(33)26-15(2)22(31)27-18(21(30)25(3)13-36-25)11-16-6-8-17(35-5)9-7-16/h6-10,15,18,20H,11-13H2,1-5H3,(H,26,33)(H,27,31)(H,28,32)/t15-,18?,20?,25?/m0/s1. The van der Waals surface area contributed by atoms with Gasteiger partial charge in [-0.1, -0.05) is 17.3 Å². The van der Waals surface area contributed by atoms with Crippen molar-refractivity contribution in [2.45, 2.75) is 50.9 Å². The highest BCUT2D eigenvalue weighted by atomic mass is 16.6. The van der Waals surface area contributed by atoms with Gasteiger partial charge < -0.3 is 34.7 Å². The van der Waals surface area contributed by atoms with E-state index in [1.165, 1.54) is 20.1 Å². The van der Waals surface area contributed by atoms with Crippen molar-refractivity contribution in [2.24, 2.45) is 0 Å². The molecule has 1 fully saturated rings. The topological polar surface area (TPSA) is 161 Å². The van der Waals surface area contributed by atoms with Gasteiger partial charge in [0.05, 0.1) is 26.4 Å². The lowest BCUT2D eigenvalue weighted by atomic mass is 9.94. The van der Waals surface area contributed by atoms with Crippen molar-refractivity contribution in [3.8, 4) is 5.75 Å². The van der Waals surface area contributed by atoms with Crippen LogP contribution in [0, 0.1) is 6.92 Å². The number of nitrogens with one attached hydrogen (secondary N) is 3. The number of amides is 3. The molecule has 4 atom stereocenters. The zero-order valence-corrected chi connectivity index (χ0v) is 21.5. The fourth-order valence-electron chi connectivity index (χ4n) is 3.56. The zero-order chi connectivity index (χ0) is 27.2. The molecule has 12 nitrogen and oxygen atoms in total. The van der Waals surface area contributed by atoms with E-state index in [4.69, 9.17) is 18.7 Å². The van der Waals surface area contributed by atoms with Crippen molar-refractivity contribution < 1.29 is 37.9 Å². The van der Waals surface area contributed by atoms with E-state index in [-0.39, 0.29) is 31.1 Å². The molecule has 200 valence electrons. The molecule has 1 aliphatic heterocycles. The first-order valence-electron chi connectivity index (χ1n) is 11.7. The number of nitrogens with zero attached hydrogens (tertiary/aromatic N) is 1. The molecular weight excluding hydrogens is 484 g/mol. The van der Waals surface area contributed by atoms with Crippen molar-refractivity contribution in [3.63, 3.8) is 0 Å². The minimum absolute atomic E-state index is 0.00729. The SMILES string of the molecule is COCC(NC(=O)c1cc(C)on1)C(=O)N[C@@H](C)C(=O)NC(Cc1ccc(OC)cc1)C(=O)C1(C)CO1. The van der Waals surface area contributed by atoms with Crippen LogP contribution in [0.25, 0.3) is 0 Å². The summed E-state index contributed by atoms with van der Waals surface area (Å²) in [5, 5.41) is 11.4. The number of ether oxygens (including phenoxy) is 3. The van der Waals surface area contributed by atoms with Crippen molar-refractivity contribution in [1.29, 1.82) is 0 Å². The Morgan fingerprint density at radius 2 is 1.73 bits per heavy atom. The van der Waals surface area contributed by atoms with Gasteiger partial charge in [-0.05, 0) is 44.9 Å². The predicted octanol–water partition coefficient (Wildman–Crippen LogP) is 0.327. The van der Waals surface area contributed by atoms with Gasteiger partial charge in [-0.25, -0.2) is 0 Å². The molecule has 0 bridgehead atoms. The highest BCUT2D eigenvalue weighted by Gasteiger charge is 2.50. The minimum Gasteiger partial charge on any atom is -0.497 e. The number of aromatic nitrogens is 1. The molecule has 3 rings (SSSR count). The van der Waals surface area contributed by atoms with E-state index in [0.717, 1.165) is 5.56 Å². The second-order valence-corrected chi connectivity index (χ2v) is 9.03. The minimum atomic E-state index is -1.10. The van der Waals surface area contributed by atoms with Crippen LogP contribution in [-0.4, -0.2) is 79.8 Å². The number of hydrogen-bond donors (Lipinski definition) is 3. The lowest BCUT2D eigenvalue weighted by Crippen LogP contribution is -2.56. The lowest BCUT2D eigenvalue weighted by Gasteiger charge is -2.24. The van der Waals surface area contributed by atoms with Gasteiger partial charge in [0.15, 0.2) is 11.5 Å². The predicted molar refractivity (Wildman–Crippen MR) is 130 cm³/mol. The quantitative estimate of drug-likeness (QED) is 0.319. The van der Waals surface area contributed by atoms with Gasteiger partial charge in [0.2, 0.25) is 11.8 Å². The van der Waals surface area contributed by atoms with E-state index in [0.29, 0.717) is 11.5 Å². The Labute approximate surface area is 214 Å². The van der Waals surface area contributed by atoms with Gasteiger partial charge in [-0.15, -0.1) is 0 Å². The van der Waals surface area contributed by atoms with Crippen LogP contribution in [0.5, 0.6) is 5.75 Å². The summed E-state index contributed by atoms with van der Waals surface area (Å²) in [5.74, 6) is -1.00. The summed E-state index contributed by atoms with van der Waals surface area (Å²) in [6.07, 6.45) is 0.230. The van der Waals surface area contributed by atoms with E-state index < -0.39 is 41.4 Å². The maximum atomic E-state index is 13.1. The maximum Gasteiger partial charge on any atom is 0.274 e.